The monoisotopic (exact) mass is 243 g/mol. The van der Waals surface area contributed by atoms with E-state index in [-0.39, 0.29) is 12.1 Å². The number of carbonyl (C=O) groups is 1. The van der Waals surface area contributed by atoms with Crippen molar-refractivity contribution in [3.63, 3.8) is 0 Å². The maximum Gasteiger partial charge on any atom is 0.312 e. The number of esters is 1. The van der Waals surface area contributed by atoms with E-state index in [0.29, 0.717) is 12.5 Å². The molecule has 1 aliphatic rings. The van der Waals surface area contributed by atoms with Crippen LogP contribution in [0.5, 0.6) is 0 Å². The van der Waals surface area contributed by atoms with Gasteiger partial charge in [0.25, 0.3) is 0 Å². The van der Waals surface area contributed by atoms with E-state index in [1.54, 1.807) is 0 Å². The van der Waals surface area contributed by atoms with Gasteiger partial charge in [0.05, 0.1) is 18.6 Å². The third-order valence-corrected chi connectivity index (χ3v) is 3.55. The maximum atomic E-state index is 11.5. The largest absolute Gasteiger partial charge is 0.469 e. The number of nitrogens with one attached hydrogen (secondary N) is 1. The van der Waals surface area contributed by atoms with Crippen molar-refractivity contribution in [3.8, 4) is 0 Å². The zero-order valence-corrected chi connectivity index (χ0v) is 11.2. The van der Waals surface area contributed by atoms with Gasteiger partial charge in [0.15, 0.2) is 0 Å². The Labute approximate surface area is 104 Å². The molecule has 0 aromatic heterocycles. The van der Waals surface area contributed by atoms with Gasteiger partial charge in [0.1, 0.15) is 0 Å². The van der Waals surface area contributed by atoms with E-state index >= 15 is 0 Å². The van der Waals surface area contributed by atoms with Gasteiger partial charge in [-0.2, -0.15) is 0 Å². The fourth-order valence-corrected chi connectivity index (χ4v) is 2.29. The SMILES string of the molecule is COC(=O)C(C)(C)CNCC1CCC(O)CC1. The first kappa shape index (κ1) is 14.5. The first-order valence-corrected chi connectivity index (χ1v) is 6.43. The third-order valence-electron chi connectivity index (χ3n) is 3.55. The highest BCUT2D eigenvalue weighted by molar-refractivity contribution is 5.76. The lowest BCUT2D eigenvalue weighted by atomic mass is 9.87. The molecule has 0 unspecified atom stereocenters. The van der Waals surface area contributed by atoms with Gasteiger partial charge in [0.2, 0.25) is 0 Å². The van der Waals surface area contributed by atoms with Crippen LogP contribution in [-0.4, -0.2) is 37.4 Å². The highest BCUT2D eigenvalue weighted by atomic mass is 16.5. The van der Waals surface area contributed by atoms with Crippen LogP contribution in [0, 0.1) is 11.3 Å². The summed E-state index contributed by atoms with van der Waals surface area (Å²) < 4.78 is 4.76. The molecular weight excluding hydrogens is 218 g/mol. The first-order valence-electron chi connectivity index (χ1n) is 6.43. The predicted octanol–water partition coefficient (Wildman–Crippen LogP) is 1.33. The second-order valence-corrected chi connectivity index (χ2v) is 5.68. The number of hydrogen-bond donors (Lipinski definition) is 2. The molecule has 0 aromatic carbocycles. The number of carbonyl (C=O) groups excluding carboxylic acids is 1. The molecule has 0 bridgehead atoms. The van der Waals surface area contributed by atoms with Crippen molar-refractivity contribution in [1.82, 2.24) is 5.32 Å². The second kappa shape index (κ2) is 6.36. The van der Waals surface area contributed by atoms with E-state index in [2.05, 4.69) is 5.32 Å². The number of hydrogen-bond acceptors (Lipinski definition) is 4. The molecule has 0 atom stereocenters. The van der Waals surface area contributed by atoms with Crippen molar-refractivity contribution >= 4 is 5.97 Å². The zero-order chi connectivity index (χ0) is 12.9. The fraction of sp³-hybridized carbons (Fsp3) is 0.923. The zero-order valence-electron chi connectivity index (χ0n) is 11.2. The number of rotatable bonds is 5. The molecule has 1 aliphatic carbocycles. The molecule has 4 nitrogen and oxygen atoms in total. The van der Waals surface area contributed by atoms with Gasteiger partial charge in [-0.05, 0) is 52.0 Å². The van der Waals surface area contributed by atoms with Crippen molar-refractivity contribution in [2.24, 2.45) is 11.3 Å². The predicted molar refractivity (Wildman–Crippen MR) is 66.6 cm³/mol. The molecule has 2 N–H and O–H groups in total. The summed E-state index contributed by atoms with van der Waals surface area (Å²) in [5.74, 6) is 0.455. The second-order valence-electron chi connectivity index (χ2n) is 5.68. The van der Waals surface area contributed by atoms with Crippen LogP contribution in [0.25, 0.3) is 0 Å². The molecule has 100 valence electrons. The average molecular weight is 243 g/mol. The lowest BCUT2D eigenvalue weighted by Gasteiger charge is -2.27. The molecule has 0 aromatic rings. The van der Waals surface area contributed by atoms with E-state index in [1.807, 2.05) is 13.8 Å². The molecule has 0 heterocycles. The number of methoxy groups -OCH3 is 1. The van der Waals surface area contributed by atoms with Crippen LogP contribution in [0.3, 0.4) is 0 Å². The van der Waals surface area contributed by atoms with Gasteiger partial charge in [-0.1, -0.05) is 0 Å². The number of ether oxygens (including phenoxy) is 1. The Morgan fingerprint density at radius 1 is 1.35 bits per heavy atom. The van der Waals surface area contributed by atoms with Gasteiger partial charge in [-0.25, -0.2) is 0 Å². The van der Waals surface area contributed by atoms with Crippen molar-refractivity contribution in [2.75, 3.05) is 20.2 Å². The standard InChI is InChI=1S/C13H25NO3/c1-13(2,12(16)17-3)9-14-8-10-4-6-11(15)7-5-10/h10-11,14-15H,4-9H2,1-3H3. The van der Waals surface area contributed by atoms with E-state index in [9.17, 15) is 9.90 Å². The van der Waals surface area contributed by atoms with E-state index in [0.717, 1.165) is 32.2 Å². The van der Waals surface area contributed by atoms with Gasteiger partial charge in [0, 0.05) is 6.54 Å². The minimum absolute atomic E-state index is 0.0993. The van der Waals surface area contributed by atoms with Crippen LogP contribution < -0.4 is 5.32 Å². The van der Waals surface area contributed by atoms with Crippen LogP contribution in [0.1, 0.15) is 39.5 Å². The summed E-state index contributed by atoms with van der Waals surface area (Å²) in [7, 11) is 1.42. The van der Waals surface area contributed by atoms with E-state index in [4.69, 9.17) is 4.74 Å². The summed E-state index contributed by atoms with van der Waals surface area (Å²) in [4.78, 5) is 11.5. The average Bonchev–Trinajstić information content (AvgIpc) is 2.30. The van der Waals surface area contributed by atoms with Crippen molar-refractivity contribution in [1.29, 1.82) is 0 Å². The molecule has 1 fully saturated rings. The molecule has 17 heavy (non-hydrogen) atoms. The topological polar surface area (TPSA) is 58.6 Å². The van der Waals surface area contributed by atoms with Crippen molar-refractivity contribution < 1.29 is 14.6 Å². The van der Waals surface area contributed by atoms with E-state index < -0.39 is 5.41 Å². The molecule has 0 radical (unpaired) electrons. The molecule has 0 aliphatic heterocycles. The van der Waals surface area contributed by atoms with E-state index in [1.165, 1.54) is 7.11 Å². The van der Waals surface area contributed by atoms with Gasteiger partial charge in [-0.15, -0.1) is 0 Å². The molecule has 1 rings (SSSR count). The maximum absolute atomic E-state index is 11.5. The van der Waals surface area contributed by atoms with Crippen LogP contribution in [-0.2, 0) is 9.53 Å². The van der Waals surface area contributed by atoms with Gasteiger partial charge >= 0.3 is 5.97 Å². The van der Waals surface area contributed by atoms with Crippen molar-refractivity contribution in [2.45, 2.75) is 45.6 Å². The molecule has 0 saturated heterocycles. The Hall–Kier alpha value is -0.610. The minimum atomic E-state index is -0.469. The van der Waals surface area contributed by atoms with Crippen molar-refractivity contribution in [3.05, 3.63) is 0 Å². The Morgan fingerprint density at radius 3 is 2.47 bits per heavy atom. The van der Waals surface area contributed by atoms with Gasteiger partial charge < -0.3 is 15.2 Å². The van der Waals surface area contributed by atoms with Gasteiger partial charge in [-0.3, -0.25) is 4.79 Å². The minimum Gasteiger partial charge on any atom is -0.469 e. The Bertz CT molecular complexity index is 245. The highest BCUT2D eigenvalue weighted by Crippen LogP contribution is 2.24. The fourth-order valence-electron chi connectivity index (χ4n) is 2.29. The smallest absolute Gasteiger partial charge is 0.312 e. The summed E-state index contributed by atoms with van der Waals surface area (Å²) in [6.45, 7) is 5.33. The van der Waals surface area contributed by atoms with Crippen LogP contribution >= 0.6 is 0 Å². The molecule has 0 amide bonds. The summed E-state index contributed by atoms with van der Waals surface area (Å²) in [5, 5.41) is 12.7. The summed E-state index contributed by atoms with van der Waals surface area (Å²) in [5.41, 5.74) is -0.469. The summed E-state index contributed by atoms with van der Waals surface area (Å²) in [6, 6.07) is 0. The third kappa shape index (κ3) is 4.64. The Morgan fingerprint density at radius 2 is 1.94 bits per heavy atom. The molecule has 0 spiro atoms. The molecule has 1 saturated carbocycles. The molecular formula is C13H25NO3. The van der Waals surface area contributed by atoms with Crippen LogP contribution in [0.2, 0.25) is 0 Å². The summed E-state index contributed by atoms with van der Waals surface area (Å²) >= 11 is 0. The van der Waals surface area contributed by atoms with Crippen LogP contribution in [0.4, 0.5) is 0 Å². The first-order chi connectivity index (χ1) is 7.95. The number of aliphatic hydroxyl groups excluding tert-OH is 1. The Kier molecular flexibility index (Phi) is 5.40. The quantitative estimate of drug-likeness (QED) is 0.715. The Balaban J connectivity index is 2.21. The number of aliphatic hydroxyl groups is 1. The molecule has 4 heteroatoms. The summed E-state index contributed by atoms with van der Waals surface area (Å²) in [6.07, 6.45) is 3.87. The lowest BCUT2D eigenvalue weighted by molar-refractivity contribution is -0.150. The normalized spacial score (nSPS) is 25.6. The lowest BCUT2D eigenvalue weighted by Crippen LogP contribution is -2.39. The highest BCUT2D eigenvalue weighted by Gasteiger charge is 2.28. The van der Waals surface area contributed by atoms with Crippen LogP contribution in [0.15, 0.2) is 0 Å².